The monoisotopic (exact) mass is 356 g/mol. The summed E-state index contributed by atoms with van der Waals surface area (Å²) >= 11 is 0. The van der Waals surface area contributed by atoms with Crippen molar-refractivity contribution in [2.75, 3.05) is 0 Å². The number of hydrogen-bond donors (Lipinski definition) is 0. The van der Waals surface area contributed by atoms with E-state index in [1.54, 1.807) is 0 Å². The van der Waals surface area contributed by atoms with Crippen LogP contribution in [0.2, 0.25) is 0 Å². The van der Waals surface area contributed by atoms with Gasteiger partial charge in [0.1, 0.15) is 11.6 Å². The van der Waals surface area contributed by atoms with Crippen LogP contribution >= 0.6 is 0 Å². The molecule has 0 radical (unpaired) electrons. The van der Waals surface area contributed by atoms with Crippen LogP contribution in [0.25, 0.3) is 0 Å². The first-order chi connectivity index (χ1) is 12.7. The molecule has 144 valence electrons. The maximum atomic E-state index is 13.3. The van der Waals surface area contributed by atoms with Gasteiger partial charge < -0.3 is 0 Å². The molecule has 0 heterocycles. The van der Waals surface area contributed by atoms with Crippen molar-refractivity contribution in [3.8, 4) is 0 Å². The maximum absolute atomic E-state index is 13.3. The number of carbonyl (C=O) groups excluding carboxylic acids is 2. The summed E-state index contributed by atoms with van der Waals surface area (Å²) in [6, 6.07) is 0. The van der Waals surface area contributed by atoms with E-state index in [0.29, 0.717) is 41.2 Å². The van der Waals surface area contributed by atoms with Crippen LogP contribution in [-0.2, 0) is 9.59 Å². The van der Waals surface area contributed by atoms with Crippen LogP contribution < -0.4 is 0 Å². The van der Waals surface area contributed by atoms with Crippen molar-refractivity contribution in [1.82, 2.24) is 0 Å². The molecule has 5 rings (SSSR count). The molecular weight excluding hydrogens is 320 g/mol. The lowest BCUT2D eigenvalue weighted by atomic mass is 9.63. The summed E-state index contributed by atoms with van der Waals surface area (Å²) in [5.41, 5.74) is 0. The van der Waals surface area contributed by atoms with E-state index in [-0.39, 0.29) is 11.8 Å². The zero-order chi connectivity index (χ0) is 17.8. The second kappa shape index (κ2) is 6.74. The summed E-state index contributed by atoms with van der Waals surface area (Å²) in [5.74, 6) is 5.67. The predicted molar refractivity (Wildman–Crippen MR) is 103 cm³/mol. The summed E-state index contributed by atoms with van der Waals surface area (Å²) in [6.45, 7) is 2.28. The fourth-order valence-electron chi connectivity index (χ4n) is 8.43. The molecule has 0 aromatic rings. The van der Waals surface area contributed by atoms with Gasteiger partial charge in [-0.25, -0.2) is 0 Å². The van der Waals surface area contributed by atoms with Gasteiger partial charge in [-0.05, 0) is 67.6 Å². The van der Waals surface area contributed by atoms with Gasteiger partial charge in [-0.2, -0.15) is 0 Å². The molecule has 9 atom stereocenters. The van der Waals surface area contributed by atoms with Gasteiger partial charge in [0.25, 0.3) is 0 Å². The van der Waals surface area contributed by atoms with Crippen LogP contribution in [0, 0.1) is 53.3 Å². The Morgan fingerprint density at radius 1 is 0.846 bits per heavy atom. The highest BCUT2D eigenvalue weighted by atomic mass is 16.1. The lowest BCUT2D eigenvalue weighted by Crippen LogP contribution is -2.42. The molecule has 0 bridgehead atoms. The second-order valence-corrected chi connectivity index (χ2v) is 10.5. The van der Waals surface area contributed by atoms with Gasteiger partial charge in [-0.3, -0.25) is 9.59 Å². The molecule has 0 aromatic heterocycles. The third-order valence-corrected chi connectivity index (χ3v) is 9.41. The molecule has 0 N–H and O–H groups in total. The minimum absolute atomic E-state index is 0.259. The number of rotatable bonds is 3. The van der Waals surface area contributed by atoms with E-state index in [1.165, 1.54) is 64.2 Å². The van der Waals surface area contributed by atoms with Gasteiger partial charge in [-0.1, -0.05) is 45.4 Å². The molecule has 9 unspecified atom stereocenters. The van der Waals surface area contributed by atoms with Crippen LogP contribution in [0.4, 0.5) is 0 Å². The molecule has 26 heavy (non-hydrogen) atoms. The lowest BCUT2D eigenvalue weighted by molar-refractivity contribution is -0.135. The normalized spacial score (nSPS) is 50.1. The molecule has 5 aliphatic rings. The topological polar surface area (TPSA) is 34.1 Å². The molecule has 2 heteroatoms. The molecule has 0 saturated heterocycles. The third-order valence-electron chi connectivity index (χ3n) is 9.41. The summed E-state index contributed by atoms with van der Waals surface area (Å²) in [5, 5.41) is 0. The van der Waals surface area contributed by atoms with Gasteiger partial charge in [-0.15, -0.1) is 0 Å². The van der Waals surface area contributed by atoms with E-state index in [9.17, 15) is 9.59 Å². The average Bonchev–Trinajstić information content (AvgIpc) is 3.17. The van der Waals surface area contributed by atoms with Crippen LogP contribution in [0.1, 0.15) is 84.0 Å². The average molecular weight is 357 g/mol. The van der Waals surface area contributed by atoms with Crippen molar-refractivity contribution < 1.29 is 9.59 Å². The summed E-state index contributed by atoms with van der Waals surface area (Å²) in [6.07, 6.45) is 14.8. The zero-order valence-corrected chi connectivity index (χ0v) is 16.5. The zero-order valence-electron chi connectivity index (χ0n) is 16.5. The highest BCUT2D eigenvalue weighted by molar-refractivity contribution is 5.92. The van der Waals surface area contributed by atoms with Crippen molar-refractivity contribution in [3.05, 3.63) is 0 Å². The standard InChI is InChI=1S/C24H36O2/c1-2-3-6-14-9-10-15-12-20-22(18(15)11-14)21(25)13-19-16-7-4-5-8-17(16)24(26)23(19)20/h14-20,22-23H,2-13H2,1H3. The van der Waals surface area contributed by atoms with Gasteiger partial charge >= 0.3 is 0 Å². The van der Waals surface area contributed by atoms with Gasteiger partial charge in [0.05, 0.1) is 0 Å². The van der Waals surface area contributed by atoms with Crippen LogP contribution in [0.3, 0.4) is 0 Å². The first-order valence-electron chi connectivity index (χ1n) is 11.8. The Balaban J connectivity index is 1.38. The molecule has 5 fully saturated rings. The Bertz CT molecular complexity index is 581. The fourth-order valence-corrected chi connectivity index (χ4v) is 8.43. The Kier molecular flexibility index (Phi) is 4.52. The molecule has 0 spiro atoms. The SMILES string of the molecule is CCCCC1CCC2CC3C(C(=O)CC4C5CCCCC5C(=O)C43)C2C1. The Morgan fingerprint density at radius 3 is 2.54 bits per heavy atom. The van der Waals surface area contributed by atoms with E-state index >= 15 is 0 Å². The second-order valence-electron chi connectivity index (χ2n) is 10.5. The van der Waals surface area contributed by atoms with Crippen molar-refractivity contribution in [1.29, 1.82) is 0 Å². The van der Waals surface area contributed by atoms with Crippen molar-refractivity contribution >= 4 is 11.6 Å². The molecule has 0 aromatic carbocycles. The minimum Gasteiger partial charge on any atom is -0.299 e. The molecule has 0 aliphatic heterocycles. The van der Waals surface area contributed by atoms with Gasteiger partial charge in [0.2, 0.25) is 0 Å². The van der Waals surface area contributed by atoms with Crippen LogP contribution in [0.15, 0.2) is 0 Å². The molecular formula is C24H36O2. The minimum atomic E-state index is 0.259. The Labute approximate surface area is 158 Å². The molecule has 2 nitrogen and oxygen atoms in total. The predicted octanol–water partition coefficient (Wildman–Crippen LogP) is 5.44. The highest BCUT2D eigenvalue weighted by Gasteiger charge is 2.62. The van der Waals surface area contributed by atoms with Gasteiger partial charge in [0.15, 0.2) is 0 Å². The van der Waals surface area contributed by atoms with Crippen LogP contribution in [-0.4, -0.2) is 11.6 Å². The van der Waals surface area contributed by atoms with Gasteiger partial charge in [0, 0.05) is 24.2 Å². The Morgan fingerprint density at radius 2 is 1.69 bits per heavy atom. The van der Waals surface area contributed by atoms with E-state index in [1.807, 2.05) is 0 Å². The quantitative estimate of drug-likeness (QED) is 0.675. The van der Waals surface area contributed by atoms with E-state index in [4.69, 9.17) is 0 Å². The smallest absolute Gasteiger partial charge is 0.139 e. The van der Waals surface area contributed by atoms with E-state index < -0.39 is 0 Å². The number of fused-ring (bicyclic) bond motifs is 7. The number of Topliss-reactive ketones (excluding diaryl/α,β-unsaturated/α-hetero) is 2. The van der Waals surface area contributed by atoms with E-state index in [0.717, 1.165) is 24.7 Å². The van der Waals surface area contributed by atoms with Crippen LogP contribution in [0.5, 0.6) is 0 Å². The highest BCUT2D eigenvalue weighted by Crippen LogP contribution is 2.62. The molecule has 5 saturated carbocycles. The third kappa shape index (κ3) is 2.57. The largest absolute Gasteiger partial charge is 0.299 e. The number of carbonyl (C=O) groups is 2. The summed E-state index contributed by atoms with van der Waals surface area (Å²) < 4.78 is 0. The Hall–Kier alpha value is -0.660. The van der Waals surface area contributed by atoms with Crippen molar-refractivity contribution in [2.45, 2.75) is 84.0 Å². The van der Waals surface area contributed by atoms with Crippen molar-refractivity contribution in [2.24, 2.45) is 53.3 Å². The first kappa shape index (κ1) is 17.4. The first-order valence-corrected chi connectivity index (χ1v) is 11.8. The number of unbranched alkanes of at least 4 members (excludes halogenated alkanes) is 1. The number of ketones is 2. The van der Waals surface area contributed by atoms with Crippen molar-refractivity contribution in [3.63, 3.8) is 0 Å². The maximum Gasteiger partial charge on any atom is 0.139 e. The molecule has 0 amide bonds. The fraction of sp³-hybridized carbons (Fsp3) is 0.917. The lowest BCUT2D eigenvalue weighted by Gasteiger charge is -2.40. The molecule has 5 aliphatic carbocycles. The van der Waals surface area contributed by atoms with E-state index in [2.05, 4.69) is 6.92 Å². The summed E-state index contributed by atoms with van der Waals surface area (Å²) in [4.78, 5) is 26.6. The number of hydrogen-bond acceptors (Lipinski definition) is 2. The summed E-state index contributed by atoms with van der Waals surface area (Å²) in [7, 11) is 0.